The SMILES string of the molecule is C[CH]CCCOC=CC. The quantitative estimate of drug-likeness (QED) is 0.407. The van der Waals surface area contributed by atoms with Crippen molar-refractivity contribution in [1.82, 2.24) is 0 Å². The first-order chi connectivity index (χ1) is 4.41. The summed E-state index contributed by atoms with van der Waals surface area (Å²) in [6.07, 6.45) is 8.06. The fourth-order valence-corrected chi connectivity index (χ4v) is 0.535. The maximum atomic E-state index is 5.08. The third-order valence-corrected chi connectivity index (χ3v) is 0.987. The van der Waals surface area contributed by atoms with E-state index in [0.717, 1.165) is 19.4 Å². The van der Waals surface area contributed by atoms with E-state index in [1.165, 1.54) is 0 Å². The first kappa shape index (κ1) is 8.54. The summed E-state index contributed by atoms with van der Waals surface area (Å²) in [6.45, 7) is 4.86. The van der Waals surface area contributed by atoms with Crippen molar-refractivity contribution < 1.29 is 4.74 Å². The number of allylic oxidation sites excluding steroid dienone is 1. The van der Waals surface area contributed by atoms with Gasteiger partial charge in [-0.1, -0.05) is 13.0 Å². The lowest BCUT2D eigenvalue weighted by atomic mass is 10.3. The van der Waals surface area contributed by atoms with Gasteiger partial charge >= 0.3 is 0 Å². The van der Waals surface area contributed by atoms with Crippen LogP contribution in [0.5, 0.6) is 0 Å². The molecule has 0 aromatic heterocycles. The van der Waals surface area contributed by atoms with Crippen molar-refractivity contribution in [3.8, 4) is 0 Å². The van der Waals surface area contributed by atoms with E-state index in [-0.39, 0.29) is 0 Å². The van der Waals surface area contributed by atoms with Crippen LogP contribution in [0.3, 0.4) is 0 Å². The van der Waals surface area contributed by atoms with E-state index in [2.05, 4.69) is 13.3 Å². The molecule has 0 rings (SSSR count). The zero-order valence-electron chi connectivity index (χ0n) is 6.26. The molecule has 1 radical (unpaired) electrons. The van der Waals surface area contributed by atoms with Gasteiger partial charge in [-0.25, -0.2) is 0 Å². The largest absolute Gasteiger partial charge is 0.502 e. The van der Waals surface area contributed by atoms with Gasteiger partial charge in [0.15, 0.2) is 0 Å². The molecule has 0 aliphatic rings. The predicted octanol–water partition coefficient (Wildman–Crippen LogP) is 2.54. The zero-order chi connectivity index (χ0) is 6.95. The second-order valence-electron chi connectivity index (χ2n) is 1.89. The summed E-state index contributed by atoms with van der Waals surface area (Å²) in [6, 6.07) is 0. The number of hydrogen-bond donors (Lipinski definition) is 0. The molecule has 0 fully saturated rings. The van der Waals surface area contributed by atoms with Crippen LogP contribution in [-0.4, -0.2) is 6.61 Å². The van der Waals surface area contributed by atoms with Gasteiger partial charge in [0.25, 0.3) is 0 Å². The van der Waals surface area contributed by atoms with Gasteiger partial charge < -0.3 is 4.74 Å². The highest BCUT2D eigenvalue weighted by atomic mass is 16.5. The lowest BCUT2D eigenvalue weighted by Crippen LogP contribution is -1.85. The van der Waals surface area contributed by atoms with Crippen LogP contribution in [0.4, 0.5) is 0 Å². The fourth-order valence-electron chi connectivity index (χ4n) is 0.535. The van der Waals surface area contributed by atoms with Gasteiger partial charge in [0.2, 0.25) is 0 Å². The average molecular weight is 127 g/mol. The van der Waals surface area contributed by atoms with Crippen molar-refractivity contribution in [3.05, 3.63) is 18.8 Å². The molecular formula is C8H15O. The maximum Gasteiger partial charge on any atom is 0.0873 e. The van der Waals surface area contributed by atoms with Crippen LogP contribution in [0.1, 0.15) is 26.7 Å². The Bertz CT molecular complexity index is 67.0. The fraction of sp³-hybridized carbons (Fsp3) is 0.625. The molecule has 1 nitrogen and oxygen atoms in total. The summed E-state index contributed by atoms with van der Waals surface area (Å²) in [5.74, 6) is 0. The van der Waals surface area contributed by atoms with Crippen LogP contribution in [0, 0.1) is 6.42 Å². The number of ether oxygens (including phenoxy) is 1. The molecular weight excluding hydrogens is 112 g/mol. The molecule has 0 amide bonds. The summed E-state index contributed by atoms with van der Waals surface area (Å²) in [5, 5.41) is 0. The molecule has 0 aliphatic carbocycles. The Kier molecular flexibility index (Phi) is 7.15. The van der Waals surface area contributed by atoms with Crippen molar-refractivity contribution in [2.45, 2.75) is 26.7 Å². The van der Waals surface area contributed by atoms with Crippen molar-refractivity contribution in [2.24, 2.45) is 0 Å². The molecule has 0 N–H and O–H groups in total. The lowest BCUT2D eigenvalue weighted by molar-refractivity contribution is 0.244. The minimum absolute atomic E-state index is 0.842. The Morgan fingerprint density at radius 1 is 1.33 bits per heavy atom. The molecule has 0 saturated heterocycles. The van der Waals surface area contributed by atoms with E-state index in [1.54, 1.807) is 6.26 Å². The van der Waals surface area contributed by atoms with Gasteiger partial charge in [-0.2, -0.15) is 0 Å². The van der Waals surface area contributed by atoms with Crippen molar-refractivity contribution in [1.29, 1.82) is 0 Å². The van der Waals surface area contributed by atoms with Crippen molar-refractivity contribution in [2.75, 3.05) is 6.61 Å². The topological polar surface area (TPSA) is 9.23 Å². The molecule has 0 saturated carbocycles. The molecule has 53 valence electrons. The Morgan fingerprint density at radius 3 is 2.67 bits per heavy atom. The Labute approximate surface area is 57.7 Å². The van der Waals surface area contributed by atoms with E-state index >= 15 is 0 Å². The normalized spacial score (nSPS) is 10.4. The molecule has 0 spiro atoms. The molecule has 0 aromatic rings. The molecule has 0 aliphatic heterocycles. The smallest absolute Gasteiger partial charge is 0.0873 e. The lowest BCUT2D eigenvalue weighted by Gasteiger charge is -1.96. The molecule has 0 aromatic carbocycles. The summed E-state index contributed by atoms with van der Waals surface area (Å²) in [5.41, 5.74) is 0. The molecule has 0 atom stereocenters. The molecule has 9 heavy (non-hydrogen) atoms. The highest BCUT2D eigenvalue weighted by molar-refractivity contribution is 4.65. The van der Waals surface area contributed by atoms with E-state index in [4.69, 9.17) is 4.74 Å². The second kappa shape index (κ2) is 7.54. The highest BCUT2D eigenvalue weighted by Crippen LogP contribution is 1.92. The van der Waals surface area contributed by atoms with Crippen molar-refractivity contribution in [3.63, 3.8) is 0 Å². The number of hydrogen-bond acceptors (Lipinski definition) is 1. The van der Waals surface area contributed by atoms with Crippen LogP contribution >= 0.6 is 0 Å². The first-order valence-electron chi connectivity index (χ1n) is 3.42. The van der Waals surface area contributed by atoms with Gasteiger partial charge in [0, 0.05) is 0 Å². The van der Waals surface area contributed by atoms with E-state index < -0.39 is 0 Å². The first-order valence-corrected chi connectivity index (χ1v) is 3.42. The average Bonchev–Trinajstić information content (AvgIpc) is 1.89. The molecule has 0 bridgehead atoms. The third-order valence-electron chi connectivity index (χ3n) is 0.987. The summed E-state index contributed by atoms with van der Waals surface area (Å²) in [4.78, 5) is 0. The Balaban J connectivity index is 2.75. The van der Waals surface area contributed by atoms with E-state index in [9.17, 15) is 0 Å². The summed E-state index contributed by atoms with van der Waals surface area (Å²) >= 11 is 0. The van der Waals surface area contributed by atoms with E-state index in [1.807, 2.05) is 13.0 Å². The van der Waals surface area contributed by atoms with Gasteiger partial charge in [0.1, 0.15) is 0 Å². The minimum Gasteiger partial charge on any atom is -0.502 e. The van der Waals surface area contributed by atoms with Crippen LogP contribution in [-0.2, 0) is 4.74 Å². The van der Waals surface area contributed by atoms with E-state index in [0.29, 0.717) is 0 Å². The number of rotatable bonds is 5. The Morgan fingerprint density at radius 2 is 2.11 bits per heavy atom. The maximum absolute atomic E-state index is 5.08. The van der Waals surface area contributed by atoms with Crippen LogP contribution < -0.4 is 0 Å². The monoisotopic (exact) mass is 127 g/mol. The molecule has 1 heteroatoms. The van der Waals surface area contributed by atoms with Gasteiger partial charge in [-0.3, -0.25) is 0 Å². The molecule has 0 unspecified atom stereocenters. The number of unbranched alkanes of at least 4 members (excludes halogenated alkanes) is 2. The molecule has 0 heterocycles. The third kappa shape index (κ3) is 7.54. The van der Waals surface area contributed by atoms with Crippen LogP contribution in [0.25, 0.3) is 0 Å². The Hall–Kier alpha value is -0.460. The standard InChI is InChI=1S/C8H15O/c1-3-5-6-8-9-7-4-2/h3-4,7H,5-6,8H2,1-2H3. The summed E-state index contributed by atoms with van der Waals surface area (Å²) in [7, 11) is 0. The van der Waals surface area contributed by atoms with Gasteiger partial charge in [0.05, 0.1) is 12.9 Å². The summed E-state index contributed by atoms with van der Waals surface area (Å²) < 4.78 is 5.08. The van der Waals surface area contributed by atoms with Crippen LogP contribution in [0.15, 0.2) is 12.3 Å². The minimum atomic E-state index is 0.842. The van der Waals surface area contributed by atoms with Crippen molar-refractivity contribution >= 4 is 0 Å². The van der Waals surface area contributed by atoms with Gasteiger partial charge in [-0.05, 0) is 26.2 Å². The zero-order valence-corrected chi connectivity index (χ0v) is 6.26. The predicted molar refractivity (Wildman–Crippen MR) is 40.0 cm³/mol. The highest BCUT2D eigenvalue weighted by Gasteiger charge is 1.81. The second-order valence-corrected chi connectivity index (χ2v) is 1.89. The van der Waals surface area contributed by atoms with Gasteiger partial charge in [-0.15, -0.1) is 0 Å². The van der Waals surface area contributed by atoms with Crippen LogP contribution in [0.2, 0.25) is 0 Å².